The highest BCUT2D eigenvalue weighted by molar-refractivity contribution is 4.95. The van der Waals surface area contributed by atoms with E-state index in [4.69, 9.17) is 5.73 Å². The van der Waals surface area contributed by atoms with E-state index >= 15 is 0 Å². The highest BCUT2D eigenvalue weighted by Crippen LogP contribution is 2.33. The molecule has 0 amide bonds. The van der Waals surface area contributed by atoms with Crippen molar-refractivity contribution < 1.29 is 0 Å². The average molecular weight is 252 g/mol. The van der Waals surface area contributed by atoms with Gasteiger partial charge in [-0.25, -0.2) is 0 Å². The quantitative estimate of drug-likeness (QED) is 0.835. The molecule has 0 bridgehead atoms. The number of aromatic nitrogens is 4. The summed E-state index contributed by atoms with van der Waals surface area (Å²) in [6, 6.07) is 0. The molecule has 1 aliphatic rings. The minimum absolute atomic E-state index is 0.145. The number of tetrazole rings is 1. The molecule has 6 nitrogen and oxygen atoms in total. The highest BCUT2D eigenvalue weighted by atomic mass is 15.6. The van der Waals surface area contributed by atoms with Gasteiger partial charge in [0.15, 0.2) is 5.82 Å². The van der Waals surface area contributed by atoms with Crippen molar-refractivity contribution in [3.05, 3.63) is 5.82 Å². The molecule has 0 aliphatic heterocycles. The molecule has 1 aromatic heterocycles. The van der Waals surface area contributed by atoms with Gasteiger partial charge in [-0.2, -0.15) is 4.80 Å². The SMILES string of the molecule is CCN(Cc1nnn(C)n1)C1(CN)CCCCC1. The minimum Gasteiger partial charge on any atom is -0.329 e. The summed E-state index contributed by atoms with van der Waals surface area (Å²) in [5.41, 5.74) is 6.22. The third-order valence-electron chi connectivity index (χ3n) is 4.10. The van der Waals surface area contributed by atoms with E-state index < -0.39 is 0 Å². The number of nitrogens with zero attached hydrogens (tertiary/aromatic N) is 5. The van der Waals surface area contributed by atoms with Crippen molar-refractivity contribution in [2.75, 3.05) is 13.1 Å². The molecule has 2 rings (SSSR count). The topological polar surface area (TPSA) is 72.9 Å². The molecule has 1 saturated carbocycles. The van der Waals surface area contributed by atoms with Crippen LogP contribution in [0.2, 0.25) is 0 Å². The van der Waals surface area contributed by atoms with Crippen molar-refractivity contribution in [2.45, 2.75) is 51.1 Å². The van der Waals surface area contributed by atoms with Gasteiger partial charge in [0, 0.05) is 12.1 Å². The molecule has 1 heterocycles. The first-order chi connectivity index (χ1) is 8.70. The number of nitrogens with two attached hydrogens (primary N) is 1. The van der Waals surface area contributed by atoms with E-state index in [1.54, 1.807) is 7.05 Å². The van der Waals surface area contributed by atoms with E-state index in [1.165, 1.54) is 36.9 Å². The summed E-state index contributed by atoms with van der Waals surface area (Å²) >= 11 is 0. The van der Waals surface area contributed by atoms with E-state index in [-0.39, 0.29) is 5.54 Å². The molecule has 0 spiro atoms. The van der Waals surface area contributed by atoms with Crippen molar-refractivity contribution in [2.24, 2.45) is 12.8 Å². The summed E-state index contributed by atoms with van der Waals surface area (Å²) in [7, 11) is 1.80. The van der Waals surface area contributed by atoms with Gasteiger partial charge in [-0.3, -0.25) is 4.90 Å². The van der Waals surface area contributed by atoms with Crippen LogP contribution in [0, 0.1) is 0 Å². The van der Waals surface area contributed by atoms with Crippen molar-refractivity contribution in [3.63, 3.8) is 0 Å². The maximum atomic E-state index is 6.07. The molecule has 0 aromatic carbocycles. The highest BCUT2D eigenvalue weighted by Gasteiger charge is 2.36. The summed E-state index contributed by atoms with van der Waals surface area (Å²) in [5, 5.41) is 12.2. The van der Waals surface area contributed by atoms with Gasteiger partial charge in [0.05, 0.1) is 13.6 Å². The number of likely N-dealkylation sites (N-methyl/N-ethyl adjacent to an activating group) is 1. The lowest BCUT2D eigenvalue weighted by atomic mass is 9.80. The Labute approximate surface area is 109 Å². The fourth-order valence-electron chi connectivity index (χ4n) is 3.03. The monoisotopic (exact) mass is 252 g/mol. The van der Waals surface area contributed by atoms with Crippen LogP contribution in [-0.2, 0) is 13.6 Å². The van der Waals surface area contributed by atoms with Gasteiger partial charge in [0.25, 0.3) is 0 Å². The average Bonchev–Trinajstić information content (AvgIpc) is 2.82. The van der Waals surface area contributed by atoms with Crippen molar-refractivity contribution >= 4 is 0 Å². The van der Waals surface area contributed by atoms with Crippen LogP contribution in [0.5, 0.6) is 0 Å². The van der Waals surface area contributed by atoms with Gasteiger partial charge in [0.1, 0.15) is 0 Å². The van der Waals surface area contributed by atoms with Crippen LogP contribution in [-0.4, -0.2) is 43.7 Å². The molecule has 0 unspecified atom stereocenters. The summed E-state index contributed by atoms with van der Waals surface area (Å²) < 4.78 is 0. The molecular weight excluding hydrogens is 228 g/mol. The zero-order valence-corrected chi connectivity index (χ0v) is 11.5. The Morgan fingerprint density at radius 2 is 2.06 bits per heavy atom. The molecule has 1 aliphatic carbocycles. The molecular formula is C12H24N6. The fraction of sp³-hybridized carbons (Fsp3) is 0.917. The number of rotatable bonds is 5. The normalized spacial score (nSPS) is 19.3. The van der Waals surface area contributed by atoms with Crippen LogP contribution in [0.25, 0.3) is 0 Å². The van der Waals surface area contributed by atoms with Gasteiger partial charge in [-0.15, -0.1) is 10.2 Å². The molecule has 102 valence electrons. The zero-order valence-electron chi connectivity index (χ0n) is 11.5. The Balaban J connectivity index is 2.10. The smallest absolute Gasteiger partial charge is 0.188 e. The van der Waals surface area contributed by atoms with Crippen LogP contribution in [0.4, 0.5) is 0 Å². The third kappa shape index (κ3) is 2.70. The van der Waals surface area contributed by atoms with Crippen molar-refractivity contribution in [3.8, 4) is 0 Å². The van der Waals surface area contributed by atoms with E-state index in [2.05, 4.69) is 27.2 Å². The van der Waals surface area contributed by atoms with Gasteiger partial charge >= 0.3 is 0 Å². The Hall–Kier alpha value is -1.01. The van der Waals surface area contributed by atoms with E-state index in [1.807, 2.05) is 0 Å². The second-order valence-corrected chi connectivity index (χ2v) is 5.20. The number of hydrogen-bond donors (Lipinski definition) is 1. The Morgan fingerprint density at radius 1 is 1.33 bits per heavy atom. The lowest BCUT2D eigenvalue weighted by molar-refractivity contribution is 0.0523. The largest absolute Gasteiger partial charge is 0.329 e. The summed E-state index contributed by atoms with van der Waals surface area (Å²) in [4.78, 5) is 3.95. The van der Waals surface area contributed by atoms with Gasteiger partial charge < -0.3 is 5.73 Å². The molecule has 0 saturated heterocycles. The van der Waals surface area contributed by atoms with E-state index in [0.717, 1.165) is 25.5 Å². The summed E-state index contributed by atoms with van der Waals surface area (Å²) in [5.74, 6) is 0.790. The maximum absolute atomic E-state index is 6.07. The van der Waals surface area contributed by atoms with Crippen LogP contribution < -0.4 is 5.73 Å². The predicted molar refractivity (Wildman–Crippen MR) is 69.8 cm³/mol. The zero-order chi connectivity index (χ0) is 13.0. The first-order valence-electron chi connectivity index (χ1n) is 6.88. The van der Waals surface area contributed by atoms with Gasteiger partial charge in [0.2, 0.25) is 0 Å². The predicted octanol–water partition coefficient (Wildman–Crippen LogP) is 0.694. The van der Waals surface area contributed by atoms with Crippen LogP contribution in [0.15, 0.2) is 0 Å². The Bertz CT molecular complexity index is 368. The summed E-state index contributed by atoms with van der Waals surface area (Å²) in [6.45, 7) is 4.64. The van der Waals surface area contributed by atoms with Crippen LogP contribution in [0.1, 0.15) is 44.9 Å². The molecule has 6 heteroatoms. The molecule has 0 radical (unpaired) electrons. The second-order valence-electron chi connectivity index (χ2n) is 5.20. The number of hydrogen-bond acceptors (Lipinski definition) is 5. The molecule has 1 aromatic rings. The summed E-state index contributed by atoms with van der Waals surface area (Å²) in [6.07, 6.45) is 6.28. The fourth-order valence-corrected chi connectivity index (χ4v) is 3.03. The molecule has 0 atom stereocenters. The van der Waals surface area contributed by atoms with Crippen molar-refractivity contribution in [1.82, 2.24) is 25.1 Å². The van der Waals surface area contributed by atoms with E-state index in [0.29, 0.717) is 0 Å². The Morgan fingerprint density at radius 3 is 2.56 bits per heavy atom. The molecule has 1 fully saturated rings. The van der Waals surface area contributed by atoms with Gasteiger partial charge in [-0.1, -0.05) is 26.2 Å². The van der Waals surface area contributed by atoms with Crippen LogP contribution >= 0.6 is 0 Å². The lowest BCUT2D eigenvalue weighted by Crippen LogP contribution is -2.54. The van der Waals surface area contributed by atoms with Crippen molar-refractivity contribution in [1.29, 1.82) is 0 Å². The van der Waals surface area contributed by atoms with Crippen LogP contribution in [0.3, 0.4) is 0 Å². The second kappa shape index (κ2) is 5.75. The molecule has 18 heavy (non-hydrogen) atoms. The number of aryl methyl sites for hydroxylation is 1. The first kappa shape index (κ1) is 13.4. The standard InChI is InChI=1S/C12H24N6/c1-3-18(9-11-14-16-17(2)15-11)12(10-13)7-5-4-6-8-12/h3-10,13H2,1-2H3. The minimum atomic E-state index is 0.145. The first-order valence-corrected chi connectivity index (χ1v) is 6.88. The Kier molecular flexibility index (Phi) is 4.29. The van der Waals surface area contributed by atoms with E-state index in [9.17, 15) is 0 Å². The lowest BCUT2D eigenvalue weighted by Gasteiger charge is -2.45. The maximum Gasteiger partial charge on any atom is 0.188 e. The van der Waals surface area contributed by atoms with Gasteiger partial charge in [-0.05, 0) is 24.6 Å². The third-order valence-corrected chi connectivity index (χ3v) is 4.10. The molecule has 2 N–H and O–H groups in total.